The summed E-state index contributed by atoms with van der Waals surface area (Å²) in [5.74, 6) is -0.474. The Labute approximate surface area is 102 Å². The fraction of sp³-hybridized carbons (Fsp3) is 0.300. The van der Waals surface area contributed by atoms with Crippen LogP contribution in [0.3, 0.4) is 0 Å². The van der Waals surface area contributed by atoms with Gasteiger partial charge in [0, 0.05) is 0 Å². The normalized spacial score (nSPS) is 15.6. The number of rotatable bonds is 2. The molecule has 0 unspecified atom stereocenters. The third-order valence-corrected chi connectivity index (χ3v) is 2.99. The molecule has 1 aliphatic heterocycles. The van der Waals surface area contributed by atoms with Gasteiger partial charge in [0.25, 0.3) is 0 Å². The SMILES string of the molecule is Nc1cc(C(=O)OC2COC2)cc(Cl)c1Cl. The quantitative estimate of drug-likeness (QED) is 0.655. The van der Waals surface area contributed by atoms with Crippen molar-refractivity contribution in [3.05, 3.63) is 27.7 Å². The molecule has 16 heavy (non-hydrogen) atoms. The van der Waals surface area contributed by atoms with Gasteiger partial charge in [-0.3, -0.25) is 0 Å². The molecule has 1 aliphatic rings. The van der Waals surface area contributed by atoms with Crippen LogP contribution in [0.5, 0.6) is 0 Å². The fourth-order valence-corrected chi connectivity index (χ4v) is 1.57. The van der Waals surface area contributed by atoms with Crippen LogP contribution in [-0.2, 0) is 9.47 Å². The first kappa shape index (κ1) is 11.5. The van der Waals surface area contributed by atoms with Gasteiger partial charge < -0.3 is 15.2 Å². The van der Waals surface area contributed by atoms with E-state index in [1.807, 2.05) is 0 Å². The van der Waals surface area contributed by atoms with E-state index < -0.39 is 5.97 Å². The van der Waals surface area contributed by atoms with E-state index in [1.165, 1.54) is 12.1 Å². The molecule has 0 aliphatic carbocycles. The topological polar surface area (TPSA) is 61.6 Å². The molecule has 0 spiro atoms. The van der Waals surface area contributed by atoms with Gasteiger partial charge >= 0.3 is 5.97 Å². The molecule has 1 saturated heterocycles. The molecule has 1 fully saturated rings. The van der Waals surface area contributed by atoms with Crippen LogP contribution < -0.4 is 5.73 Å². The number of carbonyl (C=O) groups is 1. The van der Waals surface area contributed by atoms with Gasteiger partial charge in [-0.15, -0.1) is 0 Å². The Morgan fingerprint density at radius 1 is 1.44 bits per heavy atom. The lowest BCUT2D eigenvalue weighted by atomic mass is 10.2. The van der Waals surface area contributed by atoms with E-state index in [9.17, 15) is 4.79 Å². The number of hydrogen-bond acceptors (Lipinski definition) is 4. The number of halogens is 2. The number of nitrogens with two attached hydrogens (primary N) is 1. The van der Waals surface area contributed by atoms with E-state index >= 15 is 0 Å². The fourth-order valence-electron chi connectivity index (χ4n) is 1.23. The first-order valence-corrected chi connectivity index (χ1v) is 5.37. The van der Waals surface area contributed by atoms with Crippen molar-refractivity contribution in [3.63, 3.8) is 0 Å². The zero-order valence-corrected chi connectivity index (χ0v) is 9.72. The molecule has 0 radical (unpaired) electrons. The Morgan fingerprint density at radius 3 is 2.62 bits per heavy atom. The Morgan fingerprint density at radius 2 is 2.12 bits per heavy atom. The summed E-state index contributed by atoms with van der Waals surface area (Å²) in [5, 5.41) is 0.476. The lowest BCUT2D eigenvalue weighted by molar-refractivity contribution is -0.103. The second kappa shape index (κ2) is 4.49. The van der Waals surface area contributed by atoms with Crippen molar-refractivity contribution < 1.29 is 14.3 Å². The molecule has 0 bridgehead atoms. The van der Waals surface area contributed by atoms with Crippen LogP contribution in [0.4, 0.5) is 5.69 Å². The van der Waals surface area contributed by atoms with Crippen molar-refractivity contribution in [3.8, 4) is 0 Å². The highest BCUT2D eigenvalue weighted by atomic mass is 35.5. The highest BCUT2D eigenvalue weighted by Crippen LogP contribution is 2.29. The monoisotopic (exact) mass is 261 g/mol. The number of esters is 1. The van der Waals surface area contributed by atoms with Crippen LogP contribution in [0.2, 0.25) is 10.0 Å². The second-order valence-electron chi connectivity index (χ2n) is 3.43. The van der Waals surface area contributed by atoms with Crippen LogP contribution in [0.15, 0.2) is 12.1 Å². The third kappa shape index (κ3) is 2.24. The van der Waals surface area contributed by atoms with E-state index in [2.05, 4.69) is 0 Å². The summed E-state index contributed by atoms with van der Waals surface area (Å²) in [6, 6.07) is 2.87. The summed E-state index contributed by atoms with van der Waals surface area (Å²) >= 11 is 11.6. The second-order valence-corrected chi connectivity index (χ2v) is 4.21. The van der Waals surface area contributed by atoms with E-state index in [1.54, 1.807) is 0 Å². The summed E-state index contributed by atoms with van der Waals surface area (Å²) in [7, 11) is 0. The van der Waals surface area contributed by atoms with E-state index in [4.69, 9.17) is 38.4 Å². The van der Waals surface area contributed by atoms with Gasteiger partial charge in [0.2, 0.25) is 0 Å². The molecule has 1 aromatic carbocycles. The molecule has 86 valence electrons. The van der Waals surface area contributed by atoms with Crippen LogP contribution in [0.25, 0.3) is 0 Å². The lowest BCUT2D eigenvalue weighted by Crippen LogP contribution is -2.37. The average Bonchev–Trinajstić information content (AvgIpc) is 2.19. The summed E-state index contributed by atoms with van der Waals surface area (Å²) in [5.41, 5.74) is 6.13. The van der Waals surface area contributed by atoms with Gasteiger partial charge in [-0.2, -0.15) is 0 Å². The Kier molecular flexibility index (Phi) is 3.23. The number of carbonyl (C=O) groups excluding carboxylic acids is 1. The minimum absolute atomic E-state index is 0.178. The number of hydrogen-bond donors (Lipinski definition) is 1. The molecule has 4 nitrogen and oxygen atoms in total. The molecule has 2 rings (SSSR count). The van der Waals surface area contributed by atoms with Crippen molar-refractivity contribution >= 4 is 34.9 Å². The molecule has 0 aromatic heterocycles. The van der Waals surface area contributed by atoms with Crippen molar-refractivity contribution in [2.24, 2.45) is 0 Å². The summed E-state index contributed by atoms with van der Waals surface area (Å²) in [4.78, 5) is 11.6. The van der Waals surface area contributed by atoms with Gasteiger partial charge in [0.1, 0.15) is 6.10 Å². The molecule has 1 aromatic rings. The minimum atomic E-state index is -0.474. The number of anilines is 1. The standard InChI is InChI=1S/C10H9Cl2NO3/c11-7-1-5(2-8(13)9(7)12)10(14)16-6-3-15-4-6/h1-2,6H,3-4,13H2. The lowest BCUT2D eigenvalue weighted by Gasteiger charge is -2.25. The Hall–Kier alpha value is -0.970. The predicted molar refractivity (Wildman–Crippen MR) is 60.9 cm³/mol. The number of ether oxygens (including phenoxy) is 2. The largest absolute Gasteiger partial charge is 0.454 e. The van der Waals surface area contributed by atoms with Crippen LogP contribution in [-0.4, -0.2) is 25.3 Å². The van der Waals surface area contributed by atoms with E-state index in [0.717, 1.165) is 0 Å². The molecule has 0 saturated carbocycles. The maximum Gasteiger partial charge on any atom is 0.338 e. The minimum Gasteiger partial charge on any atom is -0.454 e. The van der Waals surface area contributed by atoms with Crippen LogP contribution in [0, 0.1) is 0 Å². The van der Waals surface area contributed by atoms with Crippen LogP contribution >= 0.6 is 23.2 Å². The van der Waals surface area contributed by atoms with Crippen molar-refractivity contribution in [2.45, 2.75) is 6.10 Å². The van der Waals surface area contributed by atoms with Crippen molar-refractivity contribution in [2.75, 3.05) is 18.9 Å². The summed E-state index contributed by atoms with van der Waals surface area (Å²) in [6.45, 7) is 0.866. The zero-order valence-electron chi connectivity index (χ0n) is 8.20. The molecular formula is C10H9Cl2NO3. The molecule has 0 amide bonds. The Bertz CT molecular complexity index is 409. The molecule has 6 heteroatoms. The third-order valence-electron chi connectivity index (χ3n) is 2.17. The predicted octanol–water partition coefficient (Wildman–Crippen LogP) is 2.13. The molecular weight excluding hydrogens is 253 g/mol. The number of nitrogen functional groups attached to an aromatic ring is 1. The highest BCUT2D eigenvalue weighted by Gasteiger charge is 2.24. The molecule has 0 atom stereocenters. The smallest absolute Gasteiger partial charge is 0.338 e. The maximum atomic E-state index is 11.6. The van der Waals surface area contributed by atoms with Crippen LogP contribution in [0.1, 0.15) is 10.4 Å². The van der Waals surface area contributed by atoms with Gasteiger partial charge in [-0.05, 0) is 12.1 Å². The first-order chi connectivity index (χ1) is 7.58. The van der Waals surface area contributed by atoms with Gasteiger partial charge in [-0.25, -0.2) is 4.79 Å². The van der Waals surface area contributed by atoms with Gasteiger partial charge in [-0.1, -0.05) is 23.2 Å². The van der Waals surface area contributed by atoms with Crippen molar-refractivity contribution in [1.82, 2.24) is 0 Å². The van der Waals surface area contributed by atoms with Gasteiger partial charge in [0.15, 0.2) is 0 Å². The highest BCUT2D eigenvalue weighted by molar-refractivity contribution is 6.43. The molecule has 1 heterocycles. The zero-order chi connectivity index (χ0) is 11.7. The average molecular weight is 262 g/mol. The summed E-state index contributed by atoms with van der Waals surface area (Å²) < 4.78 is 9.99. The van der Waals surface area contributed by atoms with E-state index in [0.29, 0.717) is 18.8 Å². The first-order valence-electron chi connectivity index (χ1n) is 4.61. The van der Waals surface area contributed by atoms with Crippen molar-refractivity contribution in [1.29, 1.82) is 0 Å². The Balaban J connectivity index is 2.16. The molecule has 2 N–H and O–H groups in total. The maximum absolute atomic E-state index is 11.6. The summed E-state index contributed by atoms with van der Waals surface area (Å²) in [6.07, 6.45) is -0.178. The van der Waals surface area contributed by atoms with Gasteiger partial charge in [0.05, 0.1) is 34.5 Å². The van der Waals surface area contributed by atoms with E-state index in [-0.39, 0.29) is 21.8 Å². The number of benzene rings is 1.